The van der Waals surface area contributed by atoms with E-state index < -0.39 is 35.2 Å². The standard InChI is InChI=1S/C30H33NO7/c1-17-10-13-29-24-19-8-9-21(35-2)26(24)38-27(29)22(11-14-30(29,34)20(17)16-19)36-28(33)25(37-23(32)12-15-31)18-6-4-3-5-7-18/h3-9,11,17,20,25,27,34H,10,12-16,31H2,1-2H3/t17?,20-,25+,27-,29-,30+/m0/s1. The lowest BCUT2D eigenvalue weighted by molar-refractivity contribution is -0.177. The van der Waals surface area contributed by atoms with E-state index in [0.717, 1.165) is 24.0 Å². The molecular weight excluding hydrogens is 486 g/mol. The Labute approximate surface area is 221 Å². The average molecular weight is 520 g/mol. The largest absolute Gasteiger partial charge is 0.493 e. The molecule has 2 aromatic carbocycles. The van der Waals surface area contributed by atoms with E-state index in [4.69, 9.17) is 24.7 Å². The molecule has 6 rings (SSSR count). The summed E-state index contributed by atoms with van der Waals surface area (Å²) in [5.41, 5.74) is 6.34. The van der Waals surface area contributed by atoms with Crippen molar-refractivity contribution in [2.45, 2.75) is 62.3 Å². The maximum atomic E-state index is 13.6. The van der Waals surface area contributed by atoms with Crippen LogP contribution in [0.5, 0.6) is 11.5 Å². The zero-order chi connectivity index (χ0) is 26.7. The lowest BCUT2D eigenvalue weighted by Crippen LogP contribution is -2.69. The van der Waals surface area contributed by atoms with Crippen molar-refractivity contribution < 1.29 is 33.6 Å². The van der Waals surface area contributed by atoms with Gasteiger partial charge in [0.1, 0.15) is 5.76 Å². The van der Waals surface area contributed by atoms with E-state index in [1.807, 2.05) is 12.1 Å². The summed E-state index contributed by atoms with van der Waals surface area (Å²) in [6.45, 7) is 2.31. The van der Waals surface area contributed by atoms with Crippen molar-refractivity contribution in [1.82, 2.24) is 0 Å². The first kappa shape index (κ1) is 24.9. The summed E-state index contributed by atoms with van der Waals surface area (Å²) >= 11 is 0. The third kappa shape index (κ3) is 3.43. The van der Waals surface area contributed by atoms with Gasteiger partial charge in [0, 0.05) is 17.7 Å². The van der Waals surface area contributed by atoms with Crippen LogP contribution < -0.4 is 15.2 Å². The molecule has 8 nitrogen and oxygen atoms in total. The van der Waals surface area contributed by atoms with Gasteiger partial charge in [-0.2, -0.15) is 0 Å². The highest BCUT2D eigenvalue weighted by molar-refractivity contribution is 5.82. The topological polar surface area (TPSA) is 117 Å². The van der Waals surface area contributed by atoms with Gasteiger partial charge in [-0.25, -0.2) is 4.79 Å². The van der Waals surface area contributed by atoms with Crippen LogP contribution in [0.4, 0.5) is 0 Å². The van der Waals surface area contributed by atoms with E-state index in [-0.39, 0.29) is 18.9 Å². The van der Waals surface area contributed by atoms with E-state index >= 15 is 0 Å². The lowest BCUT2D eigenvalue weighted by atomic mass is 9.45. The van der Waals surface area contributed by atoms with Gasteiger partial charge in [0.25, 0.3) is 0 Å². The van der Waals surface area contributed by atoms with Gasteiger partial charge in [-0.15, -0.1) is 0 Å². The maximum Gasteiger partial charge on any atom is 0.357 e. The minimum atomic E-state index is -1.26. The monoisotopic (exact) mass is 519 g/mol. The minimum Gasteiger partial charge on any atom is -0.493 e. The zero-order valence-corrected chi connectivity index (χ0v) is 21.6. The van der Waals surface area contributed by atoms with Crippen LogP contribution in [0.25, 0.3) is 0 Å². The molecule has 1 unspecified atom stereocenters. The Balaban J connectivity index is 1.39. The molecule has 38 heavy (non-hydrogen) atoms. The van der Waals surface area contributed by atoms with E-state index in [1.54, 1.807) is 37.5 Å². The highest BCUT2D eigenvalue weighted by atomic mass is 16.6. The van der Waals surface area contributed by atoms with Crippen LogP contribution in [0.1, 0.15) is 55.4 Å². The Bertz CT molecular complexity index is 1310. The van der Waals surface area contributed by atoms with Crippen LogP contribution in [0.15, 0.2) is 54.3 Å². The van der Waals surface area contributed by atoms with Crippen molar-refractivity contribution in [3.8, 4) is 11.5 Å². The molecule has 3 N–H and O–H groups in total. The quantitative estimate of drug-likeness (QED) is 0.534. The highest BCUT2D eigenvalue weighted by Crippen LogP contribution is 2.68. The van der Waals surface area contributed by atoms with Gasteiger partial charge in [0.05, 0.1) is 24.5 Å². The smallest absolute Gasteiger partial charge is 0.357 e. The Morgan fingerprint density at radius 1 is 1.21 bits per heavy atom. The molecule has 200 valence electrons. The second-order valence-corrected chi connectivity index (χ2v) is 10.9. The summed E-state index contributed by atoms with van der Waals surface area (Å²) in [6.07, 6.45) is 2.52. The number of rotatable bonds is 7. The molecule has 1 heterocycles. The lowest BCUT2D eigenvalue weighted by Gasteiger charge is -2.61. The molecule has 8 heteroatoms. The third-order valence-electron chi connectivity index (χ3n) is 9.07. The molecule has 1 fully saturated rings. The highest BCUT2D eigenvalue weighted by Gasteiger charge is 2.72. The van der Waals surface area contributed by atoms with Gasteiger partial charge < -0.3 is 29.8 Å². The number of aliphatic hydroxyl groups is 1. The Hall–Kier alpha value is -3.36. The summed E-state index contributed by atoms with van der Waals surface area (Å²) in [4.78, 5) is 25.9. The molecule has 0 aromatic heterocycles. The van der Waals surface area contributed by atoms with Gasteiger partial charge in [-0.05, 0) is 55.2 Å². The van der Waals surface area contributed by atoms with Crippen molar-refractivity contribution in [3.63, 3.8) is 0 Å². The molecule has 2 aromatic rings. The van der Waals surface area contributed by atoms with Crippen LogP contribution in [0.3, 0.4) is 0 Å². The number of carbonyl (C=O) groups excluding carboxylic acids is 2. The van der Waals surface area contributed by atoms with E-state index in [2.05, 4.69) is 13.0 Å². The van der Waals surface area contributed by atoms with Crippen molar-refractivity contribution >= 4 is 11.9 Å². The third-order valence-corrected chi connectivity index (χ3v) is 9.07. The molecule has 0 amide bonds. The normalized spacial score (nSPS) is 30.8. The molecule has 1 saturated carbocycles. The molecule has 1 spiro atoms. The van der Waals surface area contributed by atoms with Crippen molar-refractivity contribution in [2.24, 2.45) is 17.6 Å². The number of ether oxygens (including phenoxy) is 4. The van der Waals surface area contributed by atoms with Crippen LogP contribution in [0.2, 0.25) is 0 Å². The van der Waals surface area contributed by atoms with Crippen LogP contribution >= 0.6 is 0 Å². The Morgan fingerprint density at radius 2 is 2.00 bits per heavy atom. The minimum absolute atomic E-state index is 0.0152. The van der Waals surface area contributed by atoms with Crippen molar-refractivity contribution in [3.05, 3.63) is 71.0 Å². The molecule has 6 atom stereocenters. The fraction of sp³-hybridized carbons (Fsp3) is 0.467. The number of carbonyl (C=O) groups is 2. The molecule has 0 radical (unpaired) electrons. The molecule has 1 aliphatic heterocycles. The van der Waals surface area contributed by atoms with Crippen LogP contribution in [-0.4, -0.2) is 42.4 Å². The van der Waals surface area contributed by atoms with Gasteiger partial charge in [0.15, 0.2) is 17.6 Å². The number of esters is 2. The summed E-state index contributed by atoms with van der Waals surface area (Å²) < 4.78 is 23.7. The summed E-state index contributed by atoms with van der Waals surface area (Å²) in [6, 6.07) is 12.7. The first-order valence-electron chi connectivity index (χ1n) is 13.3. The average Bonchev–Trinajstić information content (AvgIpc) is 3.27. The van der Waals surface area contributed by atoms with E-state index in [1.165, 1.54) is 0 Å². The molecule has 2 bridgehead atoms. The molecular formula is C30H33NO7. The Kier molecular flexibility index (Phi) is 6.00. The SMILES string of the molecule is COc1ccc2c3c1O[C@H]1C(OC(=O)[C@H](OC(=O)CCN)c4ccccc4)=CC[C@@]4(O)[C@@H](C2)C(C)CC[C@]314. The number of nitrogens with two attached hydrogens (primary N) is 1. The zero-order valence-electron chi connectivity index (χ0n) is 21.6. The maximum absolute atomic E-state index is 13.6. The first-order chi connectivity index (χ1) is 18.3. The van der Waals surface area contributed by atoms with Crippen molar-refractivity contribution in [1.29, 1.82) is 0 Å². The molecule has 4 aliphatic rings. The first-order valence-corrected chi connectivity index (χ1v) is 13.3. The summed E-state index contributed by atoms with van der Waals surface area (Å²) in [5, 5.41) is 12.4. The van der Waals surface area contributed by atoms with Gasteiger partial charge in [0.2, 0.25) is 6.10 Å². The fourth-order valence-corrected chi connectivity index (χ4v) is 7.32. The van der Waals surface area contributed by atoms with Crippen LogP contribution in [0, 0.1) is 11.8 Å². The van der Waals surface area contributed by atoms with Crippen molar-refractivity contribution in [2.75, 3.05) is 13.7 Å². The second-order valence-electron chi connectivity index (χ2n) is 10.9. The van der Waals surface area contributed by atoms with E-state index in [0.29, 0.717) is 41.6 Å². The number of benzene rings is 2. The molecule has 3 aliphatic carbocycles. The summed E-state index contributed by atoms with van der Waals surface area (Å²) in [7, 11) is 1.60. The Morgan fingerprint density at radius 3 is 2.74 bits per heavy atom. The fourth-order valence-electron chi connectivity index (χ4n) is 7.32. The van der Waals surface area contributed by atoms with E-state index in [9.17, 15) is 14.7 Å². The summed E-state index contributed by atoms with van der Waals surface area (Å²) in [5.74, 6) is 0.617. The number of hydrogen-bond donors (Lipinski definition) is 2. The van der Waals surface area contributed by atoms with Gasteiger partial charge >= 0.3 is 11.9 Å². The van der Waals surface area contributed by atoms with Gasteiger partial charge in [-0.3, -0.25) is 4.79 Å². The number of hydrogen-bond acceptors (Lipinski definition) is 8. The molecule has 0 saturated heterocycles. The predicted molar refractivity (Wildman–Crippen MR) is 137 cm³/mol. The van der Waals surface area contributed by atoms with Crippen LogP contribution in [-0.2, 0) is 30.9 Å². The van der Waals surface area contributed by atoms with Gasteiger partial charge in [-0.1, -0.05) is 43.3 Å². The predicted octanol–water partition coefficient (Wildman–Crippen LogP) is 3.49. The number of methoxy groups -OCH3 is 1. The second kappa shape index (κ2) is 9.13.